The van der Waals surface area contributed by atoms with E-state index in [1.165, 1.54) is 6.08 Å². The molecule has 0 bridgehead atoms. The first kappa shape index (κ1) is 12.6. The Morgan fingerprint density at radius 2 is 2.22 bits per heavy atom. The van der Waals surface area contributed by atoms with E-state index in [-0.39, 0.29) is 6.04 Å². The van der Waals surface area contributed by atoms with E-state index in [0.717, 1.165) is 17.1 Å². The number of carboxylic acid groups (broad SMARTS) is 1. The van der Waals surface area contributed by atoms with Crippen molar-refractivity contribution >= 4 is 34.7 Å². The fraction of sp³-hybridized carbons (Fsp3) is 0.231. The maximum atomic E-state index is 10.6. The van der Waals surface area contributed by atoms with Gasteiger partial charge in [0.1, 0.15) is 5.82 Å². The molecule has 0 atom stereocenters. The van der Waals surface area contributed by atoms with Gasteiger partial charge in [0.05, 0.1) is 16.1 Å². The minimum atomic E-state index is -0.997. The van der Waals surface area contributed by atoms with Crippen LogP contribution in [0.15, 0.2) is 24.3 Å². The Morgan fingerprint density at radius 1 is 1.50 bits per heavy atom. The van der Waals surface area contributed by atoms with Crippen LogP contribution >= 0.6 is 11.6 Å². The molecule has 0 saturated carbocycles. The zero-order valence-electron chi connectivity index (χ0n) is 10.1. The summed E-state index contributed by atoms with van der Waals surface area (Å²) in [5.41, 5.74) is 1.60. The largest absolute Gasteiger partial charge is 0.478 e. The molecule has 0 aliphatic rings. The van der Waals surface area contributed by atoms with Gasteiger partial charge in [-0.15, -0.1) is 0 Å². The van der Waals surface area contributed by atoms with Gasteiger partial charge in [-0.3, -0.25) is 0 Å². The Morgan fingerprint density at radius 3 is 2.83 bits per heavy atom. The Hall–Kier alpha value is -1.81. The van der Waals surface area contributed by atoms with Crippen molar-refractivity contribution < 1.29 is 9.90 Å². The molecule has 0 fully saturated rings. The molecule has 94 valence electrons. The van der Waals surface area contributed by atoms with Crippen LogP contribution in [-0.2, 0) is 4.79 Å². The number of carboxylic acids is 1. The number of nitrogens with zero attached hydrogens (tertiary/aromatic N) is 2. The first-order valence-corrected chi connectivity index (χ1v) is 5.96. The second kappa shape index (κ2) is 4.82. The number of halogens is 1. The summed E-state index contributed by atoms with van der Waals surface area (Å²) in [6.07, 6.45) is 2.56. The van der Waals surface area contributed by atoms with Crippen molar-refractivity contribution in [2.24, 2.45) is 0 Å². The predicted octanol–water partition coefficient (Wildman–Crippen LogP) is 3.37. The Bertz CT molecular complexity index is 629. The summed E-state index contributed by atoms with van der Waals surface area (Å²) in [4.78, 5) is 15.0. The molecule has 0 unspecified atom stereocenters. The summed E-state index contributed by atoms with van der Waals surface area (Å²) in [6.45, 7) is 4.01. The summed E-state index contributed by atoms with van der Waals surface area (Å²) >= 11 is 6.18. The number of benzene rings is 1. The van der Waals surface area contributed by atoms with Crippen molar-refractivity contribution in [2.75, 3.05) is 0 Å². The smallest absolute Gasteiger partial charge is 0.328 e. The van der Waals surface area contributed by atoms with Gasteiger partial charge in [0, 0.05) is 12.1 Å². The van der Waals surface area contributed by atoms with Crippen LogP contribution in [0.5, 0.6) is 0 Å². The van der Waals surface area contributed by atoms with Gasteiger partial charge < -0.3 is 9.67 Å². The predicted molar refractivity (Wildman–Crippen MR) is 71.8 cm³/mol. The Labute approximate surface area is 110 Å². The van der Waals surface area contributed by atoms with Crippen molar-refractivity contribution in [3.63, 3.8) is 0 Å². The second-order valence-corrected chi connectivity index (χ2v) is 4.62. The van der Waals surface area contributed by atoms with Gasteiger partial charge in [0.15, 0.2) is 0 Å². The molecule has 5 heteroatoms. The van der Waals surface area contributed by atoms with Crippen LogP contribution in [-0.4, -0.2) is 20.6 Å². The lowest BCUT2D eigenvalue weighted by atomic mass is 10.3. The van der Waals surface area contributed by atoms with Crippen LogP contribution in [0, 0.1) is 0 Å². The fourth-order valence-electron chi connectivity index (χ4n) is 1.91. The lowest BCUT2D eigenvalue weighted by Crippen LogP contribution is -2.03. The van der Waals surface area contributed by atoms with E-state index < -0.39 is 5.97 Å². The lowest BCUT2D eigenvalue weighted by molar-refractivity contribution is -0.131. The van der Waals surface area contributed by atoms with Gasteiger partial charge in [-0.2, -0.15) is 0 Å². The number of carbonyl (C=O) groups is 1. The van der Waals surface area contributed by atoms with Crippen LogP contribution in [0.4, 0.5) is 0 Å². The third kappa shape index (κ3) is 2.24. The Balaban J connectivity index is 2.70. The van der Waals surface area contributed by atoms with Crippen LogP contribution in [0.3, 0.4) is 0 Å². The molecule has 4 nitrogen and oxygen atoms in total. The third-order valence-corrected chi connectivity index (χ3v) is 2.88. The van der Waals surface area contributed by atoms with Gasteiger partial charge in [-0.05, 0) is 32.1 Å². The monoisotopic (exact) mass is 264 g/mol. The summed E-state index contributed by atoms with van der Waals surface area (Å²) < 4.78 is 1.93. The van der Waals surface area contributed by atoms with E-state index in [1.807, 2.05) is 30.5 Å². The number of para-hydroxylation sites is 1. The van der Waals surface area contributed by atoms with Crippen molar-refractivity contribution in [1.82, 2.24) is 9.55 Å². The minimum Gasteiger partial charge on any atom is -0.478 e. The fourth-order valence-corrected chi connectivity index (χ4v) is 2.17. The molecule has 0 amide bonds. The lowest BCUT2D eigenvalue weighted by Gasteiger charge is -2.11. The molecule has 0 aliphatic heterocycles. The topological polar surface area (TPSA) is 55.1 Å². The highest BCUT2D eigenvalue weighted by atomic mass is 35.5. The number of hydrogen-bond acceptors (Lipinski definition) is 2. The number of hydrogen-bond donors (Lipinski definition) is 1. The molecule has 0 saturated heterocycles. The maximum absolute atomic E-state index is 10.6. The average Bonchev–Trinajstić information content (AvgIpc) is 2.66. The highest BCUT2D eigenvalue weighted by Crippen LogP contribution is 2.28. The van der Waals surface area contributed by atoms with Gasteiger partial charge in [0.2, 0.25) is 0 Å². The molecule has 0 aliphatic carbocycles. The molecule has 1 aromatic heterocycles. The third-order valence-electron chi connectivity index (χ3n) is 2.58. The summed E-state index contributed by atoms with van der Waals surface area (Å²) in [5, 5.41) is 9.30. The summed E-state index contributed by atoms with van der Waals surface area (Å²) in [6, 6.07) is 5.63. The second-order valence-electron chi connectivity index (χ2n) is 4.21. The van der Waals surface area contributed by atoms with E-state index in [4.69, 9.17) is 16.7 Å². The normalized spacial score (nSPS) is 11.8. The zero-order valence-corrected chi connectivity index (χ0v) is 10.8. The summed E-state index contributed by atoms with van der Waals surface area (Å²) in [7, 11) is 0. The standard InChI is InChI=1S/C13H13ClN2O2/c1-8(2)16-11(6-7-12(17)18)15-10-5-3-4-9(14)13(10)16/h3-8H,1-2H3,(H,17,18)/b7-6+. The van der Waals surface area contributed by atoms with E-state index >= 15 is 0 Å². The number of imidazole rings is 1. The molecule has 2 rings (SSSR count). The summed E-state index contributed by atoms with van der Waals surface area (Å²) in [5.74, 6) is -0.404. The molecule has 2 aromatic rings. The van der Waals surface area contributed by atoms with Crippen molar-refractivity contribution in [3.8, 4) is 0 Å². The number of fused-ring (bicyclic) bond motifs is 1. The van der Waals surface area contributed by atoms with E-state index in [9.17, 15) is 4.79 Å². The van der Waals surface area contributed by atoms with Gasteiger partial charge in [-0.1, -0.05) is 17.7 Å². The number of rotatable bonds is 3. The Kier molecular flexibility index (Phi) is 3.39. The minimum absolute atomic E-state index is 0.142. The first-order chi connectivity index (χ1) is 8.50. The van der Waals surface area contributed by atoms with E-state index in [2.05, 4.69) is 4.98 Å². The highest BCUT2D eigenvalue weighted by Gasteiger charge is 2.13. The molecule has 18 heavy (non-hydrogen) atoms. The van der Waals surface area contributed by atoms with E-state index in [0.29, 0.717) is 10.8 Å². The molecular formula is C13H13ClN2O2. The van der Waals surface area contributed by atoms with Crippen LogP contribution in [0.25, 0.3) is 17.1 Å². The van der Waals surface area contributed by atoms with Crippen molar-refractivity contribution in [2.45, 2.75) is 19.9 Å². The maximum Gasteiger partial charge on any atom is 0.328 e. The molecule has 0 spiro atoms. The van der Waals surface area contributed by atoms with Gasteiger partial charge >= 0.3 is 5.97 Å². The molecular weight excluding hydrogens is 252 g/mol. The van der Waals surface area contributed by atoms with Crippen LogP contribution < -0.4 is 0 Å². The van der Waals surface area contributed by atoms with Crippen LogP contribution in [0.1, 0.15) is 25.7 Å². The van der Waals surface area contributed by atoms with Crippen molar-refractivity contribution in [3.05, 3.63) is 35.1 Å². The SMILES string of the molecule is CC(C)n1c(/C=C/C(=O)O)nc2cccc(Cl)c21. The quantitative estimate of drug-likeness (QED) is 0.865. The number of aliphatic carboxylic acids is 1. The molecule has 1 aromatic carbocycles. The van der Waals surface area contributed by atoms with Gasteiger partial charge in [0.25, 0.3) is 0 Å². The van der Waals surface area contributed by atoms with Gasteiger partial charge in [-0.25, -0.2) is 9.78 Å². The number of aromatic nitrogens is 2. The van der Waals surface area contributed by atoms with Crippen LogP contribution in [0.2, 0.25) is 5.02 Å². The van der Waals surface area contributed by atoms with E-state index in [1.54, 1.807) is 6.07 Å². The highest BCUT2D eigenvalue weighted by molar-refractivity contribution is 6.35. The molecule has 1 heterocycles. The molecule has 0 radical (unpaired) electrons. The van der Waals surface area contributed by atoms with Crippen molar-refractivity contribution in [1.29, 1.82) is 0 Å². The molecule has 1 N–H and O–H groups in total. The average molecular weight is 265 g/mol. The first-order valence-electron chi connectivity index (χ1n) is 5.58. The zero-order chi connectivity index (χ0) is 13.3.